The van der Waals surface area contributed by atoms with E-state index < -0.39 is 0 Å². The molecular formula is C26H25FN4O3. The smallest absolute Gasteiger partial charge is 0.270 e. The van der Waals surface area contributed by atoms with Crippen LogP contribution in [-0.2, 0) is 11.8 Å². The Labute approximate surface area is 196 Å². The third-order valence-electron chi connectivity index (χ3n) is 6.72. The van der Waals surface area contributed by atoms with Gasteiger partial charge in [0, 0.05) is 57.0 Å². The summed E-state index contributed by atoms with van der Waals surface area (Å²) in [6.07, 6.45) is 2.74. The Morgan fingerprint density at radius 1 is 1.06 bits per heavy atom. The highest BCUT2D eigenvalue weighted by molar-refractivity contribution is 6.00. The summed E-state index contributed by atoms with van der Waals surface area (Å²) in [6, 6.07) is 13.8. The third kappa shape index (κ3) is 3.87. The van der Waals surface area contributed by atoms with Gasteiger partial charge in [-0.2, -0.15) is 5.26 Å². The van der Waals surface area contributed by atoms with Crippen LogP contribution in [0, 0.1) is 17.1 Å². The van der Waals surface area contributed by atoms with Crippen LogP contribution in [0.25, 0.3) is 10.9 Å². The molecule has 174 valence electrons. The predicted molar refractivity (Wildman–Crippen MR) is 128 cm³/mol. The van der Waals surface area contributed by atoms with Crippen LogP contribution < -0.4 is 20.1 Å². The van der Waals surface area contributed by atoms with Gasteiger partial charge in [-0.3, -0.25) is 9.59 Å². The number of hydrogen-bond acceptors (Lipinski definition) is 5. The molecule has 2 aliphatic heterocycles. The predicted octanol–water partition coefficient (Wildman–Crippen LogP) is 3.72. The normalized spacial score (nSPS) is 16.8. The van der Waals surface area contributed by atoms with Crippen molar-refractivity contribution in [2.24, 2.45) is 7.05 Å². The monoisotopic (exact) mass is 460 g/mol. The number of aromatic nitrogens is 1. The van der Waals surface area contributed by atoms with Crippen LogP contribution in [0.5, 0.6) is 5.75 Å². The molecular weight excluding hydrogens is 435 g/mol. The van der Waals surface area contributed by atoms with Crippen molar-refractivity contribution in [3.63, 3.8) is 0 Å². The van der Waals surface area contributed by atoms with E-state index in [9.17, 15) is 19.2 Å². The molecule has 2 fully saturated rings. The maximum atomic E-state index is 13.2. The van der Waals surface area contributed by atoms with Gasteiger partial charge in [0.15, 0.2) is 0 Å². The number of carbonyl (C=O) groups excluding carboxylic acids is 1. The number of hydrogen-bond donors (Lipinski definition) is 0. The minimum Gasteiger partial charge on any atom is -0.490 e. The highest BCUT2D eigenvalue weighted by atomic mass is 19.1. The molecule has 2 aromatic carbocycles. The number of halogens is 1. The number of ether oxygens (including phenoxy) is 1. The van der Waals surface area contributed by atoms with Crippen molar-refractivity contribution < 1.29 is 13.9 Å². The topological polar surface area (TPSA) is 78.6 Å². The van der Waals surface area contributed by atoms with E-state index in [1.165, 1.54) is 16.7 Å². The fraction of sp³-hybridized carbons (Fsp3) is 0.346. The van der Waals surface area contributed by atoms with Gasteiger partial charge in [0.2, 0.25) is 5.91 Å². The highest BCUT2D eigenvalue weighted by Gasteiger charge is 2.27. The average molecular weight is 461 g/mol. The summed E-state index contributed by atoms with van der Waals surface area (Å²) in [7, 11) is 1.66. The lowest BCUT2D eigenvalue weighted by Crippen LogP contribution is -2.40. The molecule has 7 nitrogen and oxygen atoms in total. The molecule has 2 saturated heterocycles. The second kappa shape index (κ2) is 8.82. The largest absolute Gasteiger partial charge is 0.490 e. The molecule has 0 unspecified atom stereocenters. The molecule has 0 aliphatic carbocycles. The maximum absolute atomic E-state index is 13.2. The molecule has 3 aromatic rings. The summed E-state index contributed by atoms with van der Waals surface area (Å²) in [5, 5.41) is 10.7. The fourth-order valence-corrected chi connectivity index (χ4v) is 4.93. The molecule has 8 heteroatoms. The van der Waals surface area contributed by atoms with Crippen LogP contribution in [0.1, 0.15) is 31.2 Å². The van der Waals surface area contributed by atoms with Crippen molar-refractivity contribution in [2.75, 3.05) is 29.4 Å². The van der Waals surface area contributed by atoms with Crippen LogP contribution in [-0.4, -0.2) is 36.2 Å². The lowest BCUT2D eigenvalue weighted by molar-refractivity contribution is -0.117. The van der Waals surface area contributed by atoms with E-state index in [2.05, 4.69) is 11.0 Å². The van der Waals surface area contributed by atoms with Gasteiger partial charge in [-0.05, 0) is 48.9 Å². The molecule has 2 aliphatic rings. The van der Waals surface area contributed by atoms with Gasteiger partial charge < -0.3 is 19.1 Å². The van der Waals surface area contributed by atoms with Gasteiger partial charge in [0.1, 0.15) is 29.3 Å². The molecule has 0 bridgehead atoms. The zero-order chi connectivity index (χ0) is 23.8. The van der Waals surface area contributed by atoms with Crippen LogP contribution in [0.2, 0.25) is 0 Å². The van der Waals surface area contributed by atoms with Gasteiger partial charge in [-0.25, -0.2) is 4.39 Å². The molecule has 0 spiro atoms. The number of fused-ring (bicyclic) bond motifs is 1. The standard InChI is InChI=1S/C26H25FN4O3/c1-29-23-15-18(31-12-2-3-24(31)32)6-9-21(23)25(22(16-28)26(29)33)30-13-10-20(11-14-30)34-19-7-4-17(27)5-8-19/h4-9,15,20H,2-3,10-14H2,1H3. The number of benzene rings is 2. The minimum atomic E-state index is -0.348. The van der Waals surface area contributed by atoms with Crippen LogP contribution >= 0.6 is 0 Å². The number of nitriles is 1. The fourth-order valence-electron chi connectivity index (χ4n) is 4.93. The van der Waals surface area contributed by atoms with Crippen molar-refractivity contribution in [2.45, 2.75) is 31.8 Å². The van der Waals surface area contributed by atoms with Crippen molar-refractivity contribution >= 4 is 28.2 Å². The maximum Gasteiger partial charge on any atom is 0.270 e. The minimum absolute atomic E-state index is 0.0298. The number of aryl methyl sites for hydroxylation is 1. The van der Waals surface area contributed by atoms with E-state index >= 15 is 0 Å². The second-order valence-electron chi connectivity index (χ2n) is 8.81. The molecule has 0 atom stereocenters. The van der Waals surface area contributed by atoms with E-state index in [0.717, 1.165) is 17.5 Å². The van der Waals surface area contributed by atoms with E-state index in [-0.39, 0.29) is 29.0 Å². The Balaban J connectivity index is 1.46. The van der Waals surface area contributed by atoms with Crippen molar-refractivity contribution in [3.8, 4) is 11.8 Å². The average Bonchev–Trinajstić information content (AvgIpc) is 3.29. The SMILES string of the molecule is Cn1c(=O)c(C#N)c(N2CCC(Oc3ccc(F)cc3)CC2)c2ccc(N3CCCC3=O)cc21. The number of pyridine rings is 1. The molecule has 1 amide bonds. The highest BCUT2D eigenvalue weighted by Crippen LogP contribution is 2.34. The Bertz CT molecular complexity index is 1350. The molecule has 0 radical (unpaired) electrons. The van der Waals surface area contributed by atoms with Gasteiger partial charge in [0.05, 0.1) is 11.2 Å². The first-order chi connectivity index (χ1) is 16.5. The number of anilines is 2. The number of rotatable bonds is 4. The zero-order valence-electron chi connectivity index (χ0n) is 19.0. The summed E-state index contributed by atoms with van der Waals surface area (Å²) < 4.78 is 20.7. The summed E-state index contributed by atoms with van der Waals surface area (Å²) in [5.41, 5.74) is 1.88. The first-order valence-corrected chi connectivity index (χ1v) is 11.5. The number of nitrogens with zero attached hydrogens (tertiary/aromatic N) is 4. The first-order valence-electron chi connectivity index (χ1n) is 11.5. The van der Waals surface area contributed by atoms with Gasteiger partial charge in [0.25, 0.3) is 5.56 Å². The van der Waals surface area contributed by atoms with E-state index in [4.69, 9.17) is 4.74 Å². The van der Waals surface area contributed by atoms with E-state index in [1.807, 2.05) is 18.2 Å². The Hall–Kier alpha value is -3.86. The Morgan fingerprint density at radius 2 is 1.79 bits per heavy atom. The van der Waals surface area contributed by atoms with Crippen LogP contribution in [0.4, 0.5) is 15.8 Å². The zero-order valence-corrected chi connectivity index (χ0v) is 19.0. The molecule has 0 saturated carbocycles. The van der Waals surface area contributed by atoms with Gasteiger partial charge in [-0.15, -0.1) is 0 Å². The summed E-state index contributed by atoms with van der Waals surface area (Å²) in [5.74, 6) is 0.406. The first kappa shape index (κ1) is 22.0. The lowest BCUT2D eigenvalue weighted by Gasteiger charge is -2.35. The summed E-state index contributed by atoms with van der Waals surface area (Å²) in [4.78, 5) is 29.1. The Morgan fingerprint density at radius 3 is 2.44 bits per heavy atom. The van der Waals surface area contributed by atoms with Crippen LogP contribution in [0.15, 0.2) is 47.3 Å². The molecule has 1 aromatic heterocycles. The van der Waals surface area contributed by atoms with Crippen molar-refractivity contribution in [1.29, 1.82) is 5.26 Å². The van der Waals surface area contributed by atoms with Gasteiger partial charge >= 0.3 is 0 Å². The Kier molecular flexibility index (Phi) is 5.70. The molecule has 0 N–H and O–H groups in total. The third-order valence-corrected chi connectivity index (χ3v) is 6.72. The molecule has 5 rings (SSSR count). The number of piperidine rings is 1. The molecule has 3 heterocycles. The second-order valence-corrected chi connectivity index (χ2v) is 8.81. The summed E-state index contributed by atoms with van der Waals surface area (Å²) in [6.45, 7) is 1.91. The van der Waals surface area contributed by atoms with E-state index in [0.29, 0.717) is 55.9 Å². The van der Waals surface area contributed by atoms with Gasteiger partial charge in [-0.1, -0.05) is 0 Å². The van der Waals surface area contributed by atoms with Crippen LogP contribution in [0.3, 0.4) is 0 Å². The van der Waals surface area contributed by atoms with Crippen molar-refractivity contribution in [3.05, 3.63) is 64.2 Å². The number of carbonyl (C=O) groups is 1. The summed E-state index contributed by atoms with van der Waals surface area (Å²) >= 11 is 0. The number of amides is 1. The molecule has 34 heavy (non-hydrogen) atoms. The van der Waals surface area contributed by atoms with Crippen molar-refractivity contribution in [1.82, 2.24) is 4.57 Å². The van der Waals surface area contributed by atoms with E-state index in [1.54, 1.807) is 24.1 Å². The lowest BCUT2D eigenvalue weighted by atomic mass is 10.0. The quantitative estimate of drug-likeness (QED) is 0.593.